The Bertz CT molecular complexity index is 359. The van der Waals surface area contributed by atoms with Gasteiger partial charge in [0, 0.05) is 24.6 Å². The molecule has 1 atom stereocenters. The lowest BCUT2D eigenvalue weighted by molar-refractivity contribution is -0.120. The lowest BCUT2D eigenvalue weighted by Gasteiger charge is -2.11. The van der Waals surface area contributed by atoms with E-state index in [1.165, 1.54) is 0 Å². The van der Waals surface area contributed by atoms with Gasteiger partial charge in [-0.3, -0.25) is 4.79 Å². The predicted octanol–water partition coefficient (Wildman–Crippen LogP) is 2.48. The Labute approximate surface area is 95.8 Å². The van der Waals surface area contributed by atoms with Gasteiger partial charge in [-0.1, -0.05) is 0 Å². The number of ether oxygens (including phenoxy) is 1. The largest absolute Gasteiger partial charge is 0.497 e. The first-order valence-corrected chi connectivity index (χ1v) is 5.70. The molecule has 3 heteroatoms. The minimum atomic E-state index is 0.210. The summed E-state index contributed by atoms with van der Waals surface area (Å²) in [5, 5.41) is 3.29. The van der Waals surface area contributed by atoms with E-state index in [0.29, 0.717) is 5.78 Å². The first kappa shape index (κ1) is 11.0. The van der Waals surface area contributed by atoms with E-state index >= 15 is 0 Å². The molecule has 1 fully saturated rings. The molecule has 1 aromatic rings. The Morgan fingerprint density at radius 2 is 2.12 bits per heavy atom. The van der Waals surface area contributed by atoms with Gasteiger partial charge in [0.2, 0.25) is 0 Å². The smallest absolute Gasteiger partial charge is 0.137 e. The zero-order valence-electron chi connectivity index (χ0n) is 9.53. The highest BCUT2D eigenvalue weighted by Gasteiger charge is 2.23. The fourth-order valence-corrected chi connectivity index (χ4v) is 2.05. The number of methoxy groups -OCH3 is 1. The van der Waals surface area contributed by atoms with Crippen molar-refractivity contribution in [2.75, 3.05) is 19.0 Å². The highest BCUT2D eigenvalue weighted by molar-refractivity contribution is 5.83. The van der Waals surface area contributed by atoms with Crippen LogP contribution in [0, 0.1) is 5.92 Å². The number of hydrogen-bond acceptors (Lipinski definition) is 3. The van der Waals surface area contributed by atoms with Crippen LogP contribution in [0.5, 0.6) is 5.75 Å². The molecule has 1 aliphatic rings. The number of ketones is 1. The number of hydrogen-bond donors (Lipinski definition) is 1. The number of benzene rings is 1. The quantitative estimate of drug-likeness (QED) is 0.845. The second-order valence-corrected chi connectivity index (χ2v) is 4.16. The minimum absolute atomic E-state index is 0.210. The fourth-order valence-electron chi connectivity index (χ4n) is 2.05. The van der Waals surface area contributed by atoms with Gasteiger partial charge in [0.1, 0.15) is 11.5 Å². The topological polar surface area (TPSA) is 38.3 Å². The van der Waals surface area contributed by atoms with Crippen LogP contribution in [0.2, 0.25) is 0 Å². The van der Waals surface area contributed by atoms with Gasteiger partial charge in [-0.15, -0.1) is 0 Å². The Morgan fingerprint density at radius 1 is 1.38 bits per heavy atom. The van der Waals surface area contributed by atoms with Gasteiger partial charge in [-0.25, -0.2) is 0 Å². The maximum Gasteiger partial charge on any atom is 0.137 e. The summed E-state index contributed by atoms with van der Waals surface area (Å²) >= 11 is 0. The molecular weight excluding hydrogens is 202 g/mol. The second kappa shape index (κ2) is 5.01. The average Bonchev–Trinajstić information content (AvgIpc) is 2.73. The Balaban J connectivity index is 1.86. The van der Waals surface area contributed by atoms with Gasteiger partial charge in [-0.05, 0) is 37.1 Å². The van der Waals surface area contributed by atoms with E-state index in [1.54, 1.807) is 7.11 Å². The van der Waals surface area contributed by atoms with Crippen LogP contribution in [-0.4, -0.2) is 19.4 Å². The summed E-state index contributed by atoms with van der Waals surface area (Å²) < 4.78 is 5.08. The van der Waals surface area contributed by atoms with Crippen molar-refractivity contribution in [3.05, 3.63) is 24.3 Å². The maximum atomic E-state index is 11.4. The molecule has 0 aliphatic heterocycles. The molecule has 0 spiro atoms. The standard InChI is InChI=1S/C13H17NO2/c1-16-12-7-5-11(6-8-12)14-9-10-3-2-4-13(10)15/h5-8,10,14H,2-4,9H2,1H3. The molecule has 0 radical (unpaired) electrons. The molecule has 2 rings (SSSR count). The van der Waals surface area contributed by atoms with E-state index < -0.39 is 0 Å². The molecule has 0 saturated heterocycles. The lowest BCUT2D eigenvalue weighted by atomic mass is 10.1. The molecule has 3 nitrogen and oxygen atoms in total. The van der Waals surface area contributed by atoms with E-state index in [2.05, 4.69) is 5.32 Å². The molecule has 86 valence electrons. The van der Waals surface area contributed by atoms with E-state index in [1.807, 2.05) is 24.3 Å². The molecule has 0 bridgehead atoms. The van der Waals surface area contributed by atoms with Crippen LogP contribution in [0.15, 0.2) is 24.3 Å². The zero-order valence-corrected chi connectivity index (χ0v) is 9.53. The minimum Gasteiger partial charge on any atom is -0.497 e. The van der Waals surface area contributed by atoms with Crippen molar-refractivity contribution in [3.8, 4) is 5.75 Å². The van der Waals surface area contributed by atoms with Crippen molar-refractivity contribution in [2.45, 2.75) is 19.3 Å². The summed E-state index contributed by atoms with van der Waals surface area (Å²) in [6, 6.07) is 7.77. The van der Waals surface area contributed by atoms with Crippen LogP contribution in [0.1, 0.15) is 19.3 Å². The van der Waals surface area contributed by atoms with Crippen LogP contribution >= 0.6 is 0 Å². The molecule has 0 heterocycles. The highest BCUT2D eigenvalue weighted by Crippen LogP contribution is 2.22. The van der Waals surface area contributed by atoms with Crippen LogP contribution < -0.4 is 10.1 Å². The summed E-state index contributed by atoms with van der Waals surface area (Å²) in [6.45, 7) is 0.755. The Hall–Kier alpha value is -1.51. The average molecular weight is 219 g/mol. The van der Waals surface area contributed by atoms with Crippen LogP contribution in [0.4, 0.5) is 5.69 Å². The van der Waals surface area contributed by atoms with E-state index in [9.17, 15) is 4.79 Å². The molecule has 0 amide bonds. The van der Waals surface area contributed by atoms with Crippen LogP contribution in [0.3, 0.4) is 0 Å². The van der Waals surface area contributed by atoms with E-state index in [0.717, 1.165) is 37.2 Å². The van der Waals surface area contributed by atoms with Gasteiger partial charge in [0.05, 0.1) is 7.11 Å². The Kier molecular flexibility index (Phi) is 3.44. The van der Waals surface area contributed by atoms with Crippen molar-refractivity contribution < 1.29 is 9.53 Å². The molecule has 16 heavy (non-hydrogen) atoms. The van der Waals surface area contributed by atoms with Gasteiger partial charge < -0.3 is 10.1 Å². The number of carbonyl (C=O) groups is 1. The molecule has 1 unspecified atom stereocenters. The number of Topliss-reactive ketones (excluding diaryl/α,β-unsaturated/α-hetero) is 1. The van der Waals surface area contributed by atoms with Crippen molar-refractivity contribution in [1.29, 1.82) is 0 Å². The third-order valence-corrected chi connectivity index (χ3v) is 3.07. The monoisotopic (exact) mass is 219 g/mol. The molecule has 1 N–H and O–H groups in total. The third kappa shape index (κ3) is 2.54. The molecule has 0 aromatic heterocycles. The SMILES string of the molecule is COc1ccc(NCC2CCCC2=O)cc1. The van der Waals surface area contributed by atoms with E-state index in [-0.39, 0.29) is 5.92 Å². The number of anilines is 1. The Morgan fingerprint density at radius 3 is 2.69 bits per heavy atom. The maximum absolute atomic E-state index is 11.4. The molecular formula is C13H17NO2. The molecule has 1 saturated carbocycles. The van der Waals surface area contributed by atoms with Crippen molar-refractivity contribution >= 4 is 11.5 Å². The van der Waals surface area contributed by atoms with Gasteiger partial charge >= 0.3 is 0 Å². The van der Waals surface area contributed by atoms with Gasteiger partial charge in [0.25, 0.3) is 0 Å². The van der Waals surface area contributed by atoms with E-state index in [4.69, 9.17) is 4.74 Å². The fraction of sp³-hybridized carbons (Fsp3) is 0.462. The number of carbonyl (C=O) groups excluding carboxylic acids is 1. The second-order valence-electron chi connectivity index (χ2n) is 4.16. The molecule has 1 aliphatic carbocycles. The van der Waals surface area contributed by atoms with Gasteiger partial charge in [0.15, 0.2) is 0 Å². The lowest BCUT2D eigenvalue weighted by Crippen LogP contribution is -2.17. The normalized spacial score (nSPS) is 19.8. The summed E-state index contributed by atoms with van der Waals surface area (Å²) in [5.74, 6) is 1.46. The third-order valence-electron chi connectivity index (χ3n) is 3.07. The summed E-state index contributed by atoms with van der Waals surface area (Å²) in [7, 11) is 1.65. The zero-order chi connectivity index (χ0) is 11.4. The summed E-state index contributed by atoms with van der Waals surface area (Å²) in [4.78, 5) is 11.4. The molecule has 1 aromatic carbocycles. The van der Waals surface area contributed by atoms with Crippen LogP contribution in [0.25, 0.3) is 0 Å². The number of rotatable bonds is 4. The van der Waals surface area contributed by atoms with Crippen LogP contribution in [-0.2, 0) is 4.79 Å². The van der Waals surface area contributed by atoms with Crippen molar-refractivity contribution in [3.63, 3.8) is 0 Å². The van der Waals surface area contributed by atoms with Crippen molar-refractivity contribution in [1.82, 2.24) is 0 Å². The first-order chi connectivity index (χ1) is 7.79. The summed E-state index contributed by atoms with van der Waals surface area (Å²) in [5.41, 5.74) is 1.04. The summed E-state index contributed by atoms with van der Waals surface area (Å²) in [6.07, 6.45) is 2.84. The predicted molar refractivity (Wildman–Crippen MR) is 63.8 cm³/mol. The highest BCUT2D eigenvalue weighted by atomic mass is 16.5. The number of nitrogens with one attached hydrogen (secondary N) is 1. The van der Waals surface area contributed by atoms with Crippen molar-refractivity contribution in [2.24, 2.45) is 5.92 Å². The first-order valence-electron chi connectivity index (χ1n) is 5.70. The van der Waals surface area contributed by atoms with Gasteiger partial charge in [-0.2, -0.15) is 0 Å².